The van der Waals surface area contributed by atoms with Gasteiger partial charge in [0.1, 0.15) is 41.4 Å². The zero-order chi connectivity index (χ0) is 23.6. The first-order chi connectivity index (χ1) is 15.7. The maximum atomic E-state index is 14.2. The molecule has 2 aromatic carbocycles. The Morgan fingerprint density at radius 2 is 1.61 bits per heavy atom. The maximum absolute atomic E-state index is 14.2. The molecule has 0 amide bonds. The van der Waals surface area contributed by atoms with E-state index in [1.807, 2.05) is 6.92 Å². The second-order valence-corrected chi connectivity index (χ2v) is 7.17. The average molecular weight is 461 g/mol. The van der Waals surface area contributed by atoms with Gasteiger partial charge in [0.25, 0.3) is 0 Å². The summed E-state index contributed by atoms with van der Waals surface area (Å²) in [5.41, 5.74) is -0.337. The van der Waals surface area contributed by atoms with Crippen LogP contribution in [-0.4, -0.2) is 26.5 Å². The number of rotatable bonds is 6. The standard InChI is InChI=1S/C22H16F5N5O/c1-12(9-28-21-19-15(23)6-7-16(24)20(19)31-11-32-21)13-2-4-14(5-3-13)33-18-8-17(22(25,26)27)29-10-30-18/h2-8,10-12H,9H2,1H3,(H,28,31,32). The van der Waals surface area contributed by atoms with Crippen molar-refractivity contribution < 1.29 is 26.7 Å². The summed E-state index contributed by atoms with van der Waals surface area (Å²) >= 11 is 0. The predicted molar refractivity (Wildman–Crippen MR) is 110 cm³/mol. The third kappa shape index (κ3) is 4.97. The number of benzene rings is 2. The lowest BCUT2D eigenvalue weighted by Gasteiger charge is -2.15. The molecule has 4 rings (SSSR count). The Labute approximate surface area is 184 Å². The minimum atomic E-state index is -4.60. The molecule has 1 N–H and O–H groups in total. The molecule has 0 saturated carbocycles. The van der Waals surface area contributed by atoms with Gasteiger partial charge < -0.3 is 10.1 Å². The zero-order valence-electron chi connectivity index (χ0n) is 17.1. The lowest BCUT2D eigenvalue weighted by atomic mass is 10.0. The van der Waals surface area contributed by atoms with Crippen LogP contribution in [0.15, 0.2) is 55.1 Å². The van der Waals surface area contributed by atoms with Crippen molar-refractivity contribution in [2.24, 2.45) is 0 Å². The molecule has 0 saturated heterocycles. The lowest BCUT2D eigenvalue weighted by Crippen LogP contribution is -2.12. The minimum Gasteiger partial charge on any atom is -0.439 e. The van der Waals surface area contributed by atoms with Crippen LogP contribution in [0.1, 0.15) is 24.1 Å². The molecule has 0 aliphatic heterocycles. The van der Waals surface area contributed by atoms with E-state index in [4.69, 9.17) is 4.74 Å². The highest BCUT2D eigenvalue weighted by Crippen LogP contribution is 2.30. The monoisotopic (exact) mass is 461 g/mol. The number of ether oxygens (including phenoxy) is 1. The molecular weight excluding hydrogens is 445 g/mol. The smallest absolute Gasteiger partial charge is 0.433 e. The van der Waals surface area contributed by atoms with E-state index >= 15 is 0 Å². The number of hydrogen-bond acceptors (Lipinski definition) is 6. The van der Waals surface area contributed by atoms with E-state index in [1.54, 1.807) is 24.3 Å². The van der Waals surface area contributed by atoms with Crippen molar-refractivity contribution in [2.45, 2.75) is 19.0 Å². The summed E-state index contributed by atoms with van der Waals surface area (Å²) in [4.78, 5) is 14.7. The van der Waals surface area contributed by atoms with Gasteiger partial charge in [-0.15, -0.1) is 0 Å². The Hall–Kier alpha value is -3.89. The Morgan fingerprint density at radius 3 is 2.33 bits per heavy atom. The van der Waals surface area contributed by atoms with Crippen LogP contribution in [0.5, 0.6) is 11.6 Å². The Balaban J connectivity index is 1.44. The van der Waals surface area contributed by atoms with Gasteiger partial charge in [-0.25, -0.2) is 28.7 Å². The molecule has 11 heteroatoms. The fourth-order valence-electron chi connectivity index (χ4n) is 3.14. The van der Waals surface area contributed by atoms with Gasteiger partial charge >= 0.3 is 6.18 Å². The van der Waals surface area contributed by atoms with Gasteiger partial charge in [0.05, 0.1) is 5.39 Å². The van der Waals surface area contributed by atoms with Crippen molar-refractivity contribution in [3.05, 3.63) is 78.0 Å². The summed E-state index contributed by atoms with van der Waals surface area (Å²) in [5, 5.41) is 2.99. The van der Waals surface area contributed by atoms with Gasteiger partial charge in [0.15, 0.2) is 5.69 Å². The molecule has 170 valence electrons. The molecule has 0 spiro atoms. The van der Waals surface area contributed by atoms with Crippen LogP contribution in [0, 0.1) is 11.6 Å². The van der Waals surface area contributed by atoms with Crippen molar-refractivity contribution in [2.75, 3.05) is 11.9 Å². The first-order valence-corrected chi connectivity index (χ1v) is 9.72. The highest BCUT2D eigenvalue weighted by molar-refractivity contribution is 5.89. The number of nitrogens with one attached hydrogen (secondary N) is 1. The highest BCUT2D eigenvalue weighted by Gasteiger charge is 2.33. The second-order valence-electron chi connectivity index (χ2n) is 7.17. The molecular formula is C22H16F5N5O. The molecule has 1 atom stereocenters. The van der Waals surface area contributed by atoms with Crippen LogP contribution in [0.2, 0.25) is 0 Å². The molecule has 0 radical (unpaired) electrons. The first kappa shape index (κ1) is 22.3. The molecule has 2 heterocycles. The Kier molecular flexibility index (Phi) is 6.03. The lowest BCUT2D eigenvalue weighted by molar-refractivity contribution is -0.141. The quantitative estimate of drug-likeness (QED) is 0.370. The van der Waals surface area contributed by atoms with Gasteiger partial charge in [-0.2, -0.15) is 13.2 Å². The molecule has 0 fully saturated rings. The number of halogens is 5. The van der Waals surface area contributed by atoms with Gasteiger partial charge in [0, 0.05) is 12.6 Å². The van der Waals surface area contributed by atoms with E-state index in [0.717, 1.165) is 30.4 Å². The number of nitrogens with zero attached hydrogens (tertiary/aromatic N) is 4. The molecule has 2 aromatic heterocycles. The van der Waals surface area contributed by atoms with Crippen LogP contribution < -0.4 is 10.1 Å². The highest BCUT2D eigenvalue weighted by atomic mass is 19.4. The predicted octanol–water partition coefficient (Wildman–Crippen LogP) is 5.72. The van der Waals surface area contributed by atoms with E-state index in [2.05, 4.69) is 25.3 Å². The summed E-state index contributed by atoms with van der Waals surface area (Å²) in [5.74, 6) is -1.12. The number of alkyl halides is 3. The minimum absolute atomic E-state index is 0.0310. The third-order valence-electron chi connectivity index (χ3n) is 4.87. The molecule has 0 aliphatic carbocycles. The molecule has 4 aromatic rings. The van der Waals surface area contributed by atoms with E-state index < -0.39 is 23.5 Å². The van der Waals surface area contributed by atoms with Gasteiger partial charge in [0.2, 0.25) is 5.88 Å². The molecule has 0 aliphatic rings. The van der Waals surface area contributed by atoms with E-state index in [9.17, 15) is 22.0 Å². The molecule has 1 unspecified atom stereocenters. The summed E-state index contributed by atoms with van der Waals surface area (Å²) in [6, 6.07) is 9.41. The maximum Gasteiger partial charge on any atom is 0.433 e. The summed E-state index contributed by atoms with van der Waals surface area (Å²) in [7, 11) is 0. The fourth-order valence-corrected chi connectivity index (χ4v) is 3.14. The Bertz CT molecular complexity index is 1280. The van der Waals surface area contributed by atoms with Crippen LogP contribution in [0.3, 0.4) is 0 Å². The van der Waals surface area contributed by atoms with Gasteiger partial charge in [-0.3, -0.25) is 0 Å². The number of aromatic nitrogens is 4. The van der Waals surface area contributed by atoms with Crippen LogP contribution in [0.25, 0.3) is 10.9 Å². The first-order valence-electron chi connectivity index (χ1n) is 9.72. The summed E-state index contributed by atoms with van der Waals surface area (Å²) in [6.07, 6.45) is -2.66. The number of fused-ring (bicyclic) bond motifs is 1. The average Bonchev–Trinajstić information content (AvgIpc) is 2.80. The normalized spacial score (nSPS) is 12.5. The van der Waals surface area contributed by atoms with E-state index in [0.29, 0.717) is 18.4 Å². The molecule has 0 bridgehead atoms. The van der Waals surface area contributed by atoms with Crippen LogP contribution in [-0.2, 0) is 6.18 Å². The summed E-state index contributed by atoms with van der Waals surface area (Å²) < 4.78 is 71.8. The van der Waals surface area contributed by atoms with Gasteiger partial charge in [-0.1, -0.05) is 19.1 Å². The number of anilines is 1. The zero-order valence-corrected chi connectivity index (χ0v) is 17.1. The van der Waals surface area contributed by atoms with Gasteiger partial charge in [-0.05, 0) is 35.7 Å². The van der Waals surface area contributed by atoms with E-state index in [-0.39, 0.29) is 28.5 Å². The van der Waals surface area contributed by atoms with Crippen LogP contribution >= 0.6 is 0 Å². The SMILES string of the molecule is CC(CNc1ncnc2c(F)ccc(F)c12)c1ccc(Oc2cc(C(F)(F)F)ncn2)cc1. The fraction of sp³-hybridized carbons (Fsp3) is 0.182. The van der Waals surface area contributed by atoms with Crippen LogP contribution in [0.4, 0.5) is 27.8 Å². The Morgan fingerprint density at radius 1 is 0.909 bits per heavy atom. The van der Waals surface area contributed by atoms with Crippen molar-refractivity contribution in [1.29, 1.82) is 0 Å². The number of hydrogen-bond donors (Lipinski definition) is 1. The van der Waals surface area contributed by atoms with Crippen molar-refractivity contribution in [3.63, 3.8) is 0 Å². The summed E-state index contributed by atoms with van der Waals surface area (Å²) in [6.45, 7) is 2.26. The van der Waals surface area contributed by atoms with Crippen molar-refractivity contribution in [1.82, 2.24) is 19.9 Å². The third-order valence-corrected chi connectivity index (χ3v) is 4.87. The molecule has 33 heavy (non-hydrogen) atoms. The van der Waals surface area contributed by atoms with E-state index in [1.165, 1.54) is 0 Å². The molecule has 6 nitrogen and oxygen atoms in total. The van der Waals surface area contributed by atoms with Crippen molar-refractivity contribution in [3.8, 4) is 11.6 Å². The largest absolute Gasteiger partial charge is 0.439 e. The van der Waals surface area contributed by atoms with Crippen molar-refractivity contribution >= 4 is 16.7 Å². The topological polar surface area (TPSA) is 72.8 Å². The second kappa shape index (κ2) is 8.93.